The maximum Gasteiger partial charge on any atom is 0.0282 e. The van der Waals surface area contributed by atoms with Gasteiger partial charge < -0.3 is 30.3 Å². The van der Waals surface area contributed by atoms with Gasteiger partial charge in [-0.2, -0.15) is 6.07 Å². The Balaban J connectivity index is 0.000000670. The minimum absolute atomic E-state index is 0. The third-order valence-electron chi connectivity index (χ3n) is 7.37. The Kier molecular flexibility index (Phi) is 12.5. The maximum absolute atomic E-state index is 2.77. The fourth-order valence-electron chi connectivity index (χ4n) is 5.61. The molecule has 0 aliphatic rings. The number of nitrogens with zero attached hydrogens (tertiary/aromatic N) is 1. The van der Waals surface area contributed by atoms with E-state index in [2.05, 4.69) is 172 Å². The van der Waals surface area contributed by atoms with Gasteiger partial charge in [-0.1, -0.05) is 128 Å². The summed E-state index contributed by atoms with van der Waals surface area (Å²) in [5.41, 5.74) is 1.38. The monoisotopic (exact) mass is 653 g/mol. The third kappa shape index (κ3) is 8.34. The zero-order chi connectivity index (χ0) is 30.1. The summed E-state index contributed by atoms with van der Waals surface area (Å²) in [5, 5.41) is 7.01. The molecule has 0 bridgehead atoms. The van der Waals surface area contributed by atoms with Crippen LogP contribution in [0.5, 0.6) is 0 Å². The summed E-state index contributed by atoms with van der Waals surface area (Å²) in [6.45, 7) is 9.51. The standard InChI is InChI=1S/C35H36NP2.C5H5.Fe/c1-28(36(35(2,3)4)38(31-22-13-7-14-23-31)32-24-15-8-16-25-32)33-26-17-27-34(33)37(29-18-9-5-10-19-29)30-20-11-6-12-21-30;1-2-4-5-3-1;/h5-28H,1-4H3;1-5H;/q-1;-5;/t28-;;/m1../s1. The van der Waals surface area contributed by atoms with Crippen LogP contribution in [0.4, 0.5) is 0 Å². The summed E-state index contributed by atoms with van der Waals surface area (Å²) < 4.78 is 2.77. The zero-order valence-electron chi connectivity index (χ0n) is 25.9. The second-order valence-corrected chi connectivity index (χ2v) is 15.8. The van der Waals surface area contributed by atoms with E-state index in [1.807, 2.05) is 30.3 Å². The van der Waals surface area contributed by atoms with Gasteiger partial charge in [0.05, 0.1) is 0 Å². The molecule has 6 aromatic carbocycles. The van der Waals surface area contributed by atoms with Crippen LogP contribution in [0.15, 0.2) is 170 Å². The van der Waals surface area contributed by atoms with Crippen LogP contribution in [0.3, 0.4) is 0 Å². The van der Waals surface area contributed by atoms with E-state index in [4.69, 9.17) is 0 Å². The number of benzene rings is 4. The number of hydrogen-bond acceptors (Lipinski definition) is 1. The SMILES string of the molecule is C[C@H]([c-]1cccc1P(c1ccccc1)c1ccccc1)N(P(c1ccccc1)c1ccccc1)C(C)(C)C.[Fe].[cH-]1[cH-][cH-][cH-][cH-]1. The van der Waals surface area contributed by atoms with Crippen molar-refractivity contribution in [1.82, 2.24) is 4.67 Å². The molecule has 0 heterocycles. The van der Waals surface area contributed by atoms with Crippen LogP contribution in [0.2, 0.25) is 0 Å². The molecule has 0 aromatic heterocycles. The van der Waals surface area contributed by atoms with E-state index < -0.39 is 16.0 Å². The molecule has 0 amide bonds. The van der Waals surface area contributed by atoms with E-state index in [-0.39, 0.29) is 28.6 Å². The van der Waals surface area contributed by atoms with E-state index in [0.717, 1.165) is 0 Å². The molecule has 4 heteroatoms. The number of rotatable bonds is 8. The second kappa shape index (κ2) is 16.3. The normalized spacial score (nSPS) is 12.0. The molecule has 0 fully saturated rings. The van der Waals surface area contributed by atoms with Gasteiger partial charge >= 0.3 is 0 Å². The first-order chi connectivity index (χ1) is 20.9. The fourth-order valence-corrected chi connectivity index (χ4v) is 10.9. The maximum atomic E-state index is 2.77. The minimum Gasteiger partial charge on any atom is -0.748 e. The Bertz CT molecular complexity index is 1510. The van der Waals surface area contributed by atoms with Crippen molar-refractivity contribution in [3.63, 3.8) is 0 Å². The molecular formula is C40H41FeNP2-6. The molecule has 0 spiro atoms. The predicted molar refractivity (Wildman–Crippen MR) is 192 cm³/mol. The van der Waals surface area contributed by atoms with E-state index in [1.54, 1.807) is 0 Å². The van der Waals surface area contributed by atoms with Crippen molar-refractivity contribution in [3.8, 4) is 0 Å². The van der Waals surface area contributed by atoms with Crippen molar-refractivity contribution in [1.29, 1.82) is 0 Å². The molecule has 0 aliphatic carbocycles. The summed E-state index contributed by atoms with van der Waals surface area (Å²) in [4.78, 5) is 0. The first-order valence-electron chi connectivity index (χ1n) is 15.0. The van der Waals surface area contributed by atoms with Crippen molar-refractivity contribution >= 4 is 42.5 Å². The average Bonchev–Trinajstić information content (AvgIpc) is 3.78. The third-order valence-corrected chi connectivity index (χ3v) is 12.8. The first kappa shape index (κ1) is 33.8. The van der Waals surface area contributed by atoms with Crippen LogP contribution in [0.25, 0.3) is 0 Å². The molecule has 230 valence electrons. The van der Waals surface area contributed by atoms with Gasteiger partial charge in [-0.15, -0.1) is 10.9 Å². The van der Waals surface area contributed by atoms with Crippen molar-refractivity contribution < 1.29 is 17.1 Å². The van der Waals surface area contributed by atoms with Crippen molar-refractivity contribution in [2.75, 3.05) is 0 Å². The Morgan fingerprint density at radius 1 is 0.545 bits per heavy atom. The molecule has 1 nitrogen and oxygen atoms in total. The predicted octanol–water partition coefficient (Wildman–Crippen LogP) is 8.78. The summed E-state index contributed by atoms with van der Waals surface area (Å²) in [7, 11) is -1.42. The van der Waals surface area contributed by atoms with E-state index in [0.29, 0.717) is 0 Å². The summed E-state index contributed by atoms with van der Waals surface area (Å²) >= 11 is 0. The molecule has 0 radical (unpaired) electrons. The van der Waals surface area contributed by atoms with Crippen LogP contribution in [-0.2, 0) is 17.1 Å². The van der Waals surface area contributed by atoms with Crippen LogP contribution in [-0.4, -0.2) is 10.2 Å². The van der Waals surface area contributed by atoms with Gasteiger partial charge in [-0.05, 0) is 56.0 Å². The molecule has 44 heavy (non-hydrogen) atoms. The topological polar surface area (TPSA) is 3.24 Å². The van der Waals surface area contributed by atoms with E-state index >= 15 is 0 Å². The average molecular weight is 654 g/mol. The van der Waals surface area contributed by atoms with Gasteiger partial charge in [-0.3, -0.25) is 4.67 Å². The largest absolute Gasteiger partial charge is 0.748 e. The van der Waals surface area contributed by atoms with Gasteiger partial charge in [0.25, 0.3) is 0 Å². The fraction of sp³-hybridized carbons (Fsp3) is 0.150. The molecule has 0 N–H and O–H groups in total. The Morgan fingerprint density at radius 3 is 1.27 bits per heavy atom. The van der Waals surface area contributed by atoms with Crippen LogP contribution >= 0.6 is 16.0 Å². The first-order valence-corrected chi connectivity index (χ1v) is 17.6. The summed E-state index contributed by atoms with van der Waals surface area (Å²) in [6.07, 6.45) is 0. The Morgan fingerprint density at radius 2 is 0.909 bits per heavy atom. The van der Waals surface area contributed by atoms with Gasteiger partial charge in [0.2, 0.25) is 0 Å². The van der Waals surface area contributed by atoms with Crippen molar-refractivity contribution in [2.45, 2.75) is 39.3 Å². The van der Waals surface area contributed by atoms with Crippen LogP contribution in [0, 0.1) is 0 Å². The van der Waals surface area contributed by atoms with Crippen molar-refractivity contribution in [3.05, 3.63) is 175 Å². The van der Waals surface area contributed by atoms with Crippen molar-refractivity contribution in [2.24, 2.45) is 0 Å². The van der Waals surface area contributed by atoms with Crippen LogP contribution in [0.1, 0.15) is 39.3 Å². The molecule has 0 saturated heterocycles. The van der Waals surface area contributed by atoms with Crippen LogP contribution < -0.4 is 26.5 Å². The smallest absolute Gasteiger partial charge is 0.0282 e. The van der Waals surface area contributed by atoms with E-state index in [1.165, 1.54) is 32.1 Å². The molecule has 0 saturated carbocycles. The zero-order valence-corrected chi connectivity index (χ0v) is 28.8. The minimum atomic E-state index is -0.746. The van der Waals surface area contributed by atoms with Gasteiger partial charge in [0.15, 0.2) is 0 Å². The molecule has 0 aliphatic heterocycles. The molecule has 6 aromatic rings. The van der Waals surface area contributed by atoms with Gasteiger partial charge in [0, 0.05) is 30.7 Å². The number of hydrogen-bond donors (Lipinski definition) is 0. The summed E-state index contributed by atoms with van der Waals surface area (Å²) in [6, 6.07) is 61.5. The molecule has 0 unspecified atom stereocenters. The van der Waals surface area contributed by atoms with E-state index in [9.17, 15) is 0 Å². The molecule has 1 atom stereocenters. The van der Waals surface area contributed by atoms with Gasteiger partial charge in [-0.25, -0.2) is 12.1 Å². The Hall–Kier alpha value is -3.08. The molecule has 6 rings (SSSR count). The van der Waals surface area contributed by atoms with Gasteiger partial charge in [0.1, 0.15) is 0 Å². The second-order valence-electron chi connectivity index (χ2n) is 11.5. The summed E-state index contributed by atoms with van der Waals surface area (Å²) in [5.74, 6) is 0. The quantitative estimate of drug-likeness (QED) is 0.0903. The Labute approximate surface area is 277 Å². The molecular weight excluding hydrogens is 612 g/mol.